The van der Waals surface area contributed by atoms with Gasteiger partial charge in [-0.25, -0.2) is 0 Å². The third-order valence-electron chi connectivity index (χ3n) is 3.50. The van der Waals surface area contributed by atoms with Crippen molar-refractivity contribution in [3.8, 4) is 0 Å². The first-order valence-electron chi connectivity index (χ1n) is 6.51. The fourth-order valence-electron chi connectivity index (χ4n) is 2.81. The topological polar surface area (TPSA) is 19.0 Å². The van der Waals surface area contributed by atoms with E-state index in [1.54, 1.807) is 0 Å². The first-order chi connectivity index (χ1) is 8.08. The molecule has 2 nitrogen and oxygen atoms in total. The van der Waals surface area contributed by atoms with Gasteiger partial charge in [0.25, 0.3) is 0 Å². The van der Waals surface area contributed by atoms with Crippen molar-refractivity contribution in [2.45, 2.75) is 39.7 Å². The number of aromatic amines is 1. The number of aromatic nitrogens is 1. The van der Waals surface area contributed by atoms with Gasteiger partial charge in [0, 0.05) is 18.8 Å². The molecule has 1 aliphatic heterocycles. The van der Waals surface area contributed by atoms with Crippen LogP contribution in [0.2, 0.25) is 0 Å². The number of pyridine rings is 1. The number of nitrogens with zero attached hydrogens (tertiary/aromatic N) is 1. The van der Waals surface area contributed by atoms with Crippen LogP contribution >= 0.6 is 12.2 Å². The van der Waals surface area contributed by atoms with E-state index in [4.69, 9.17) is 12.2 Å². The lowest BCUT2D eigenvalue weighted by Crippen LogP contribution is -2.27. The SMILES string of the molecule is Cc1cc(=S)[nH]cc1[C@@H]1CCCN1CC(C)C. The maximum absolute atomic E-state index is 5.16. The van der Waals surface area contributed by atoms with Gasteiger partial charge in [-0.3, -0.25) is 4.90 Å². The number of H-pyrrole nitrogens is 1. The van der Waals surface area contributed by atoms with Crippen molar-refractivity contribution >= 4 is 12.2 Å². The second-order valence-electron chi connectivity index (χ2n) is 5.48. The quantitative estimate of drug-likeness (QED) is 0.822. The lowest BCUT2D eigenvalue weighted by Gasteiger charge is -2.27. The molecule has 0 amide bonds. The van der Waals surface area contributed by atoms with Crippen molar-refractivity contribution in [1.82, 2.24) is 9.88 Å². The molecule has 1 aromatic rings. The number of rotatable bonds is 3. The third kappa shape index (κ3) is 2.96. The van der Waals surface area contributed by atoms with Gasteiger partial charge in [-0.15, -0.1) is 0 Å². The van der Waals surface area contributed by atoms with Gasteiger partial charge in [0.1, 0.15) is 4.64 Å². The van der Waals surface area contributed by atoms with Gasteiger partial charge in [0.15, 0.2) is 0 Å². The Morgan fingerprint density at radius 2 is 2.29 bits per heavy atom. The van der Waals surface area contributed by atoms with E-state index >= 15 is 0 Å². The second kappa shape index (κ2) is 5.32. The molecule has 94 valence electrons. The molecule has 0 aliphatic carbocycles. The Morgan fingerprint density at radius 3 is 2.94 bits per heavy atom. The average Bonchev–Trinajstić information content (AvgIpc) is 2.65. The summed E-state index contributed by atoms with van der Waals surface area (Å²) in [6, 6.07) is 2.67. The van der Waals surface area contributed by atoms with Crippen LogP contribution in [0.4, 0.5) is 0 Å². The summed E-state index contributed by atoms with van der Waals surface area (Å²) in [6.45, 7) is 9.18. The first kappa shape index (κ1) is 12.8. The Kier molecular flexibility index (Phi) is 4.00. The fourth-order valence-corrected chi connectivity index (χ4v) is 3.04. The zero-order chi connectivity index (χ0) is 12.4. The number of likely N-dealkylation sites (tertiary alicyclic amines) is 1. The maximum Gasteiger partial charge on any atom is 0.103 e. The summed E-state index contributed by atoms with van der Waals surface area (Å²) in [7, 11) is 0. The van der Waals surface area contributed by atoms with Gasteiger partial charge in [0.2, 0.25) is 0 Å². The smallest absolute Gasteiger partial charge is 0.103 e. The van der Waals surface area contributed by atoms with Crippen molar-refractivity contribution in [1.29, 1.82) is 0 Å². The van der Waals surface area contributed by atoms with Crippen molar-refractivity contribution in [3.63, 3.8) is 0 Å². The second-order valence-corrected chi connectivity index (χ2v) is 5.92. The Balaban J connectivity index is 2.23. The molecular formula is C14H22N2S. The summed E-state index contributed by atoms with van der Waals surface area (Å²) in [4.78, 5) is 5.79. The molecule has 2 heterocycles. The fraction of sp³-hybridized carbons (Fsp3) is 0.643. The zero-order valence-corrected chi connectivity index (χ0v) is 11.8. The van der Waals surface area contributed by atoms with Crippen LogP contribution in [0.15, 0.2) is 12.3 Å². The molecule has 0 aromatic carbocycles. The van der Waals surface area contributed by atoms with Crippen molar-refractivity contribution < 1.29 is 0 Å². The minimum Gasteiger partial charge on any atom is -0.353 e. The molecule has 0 radical (unpaired) electrons. The molecule has 0 bridgehead atoms. The minimum atomic E-state index is 0.587. The van der Waals surface area contributed by atoms with E-state index in [0.29, 0.717) is 6.04 Å². The normalized spacial score (nSPS) is 21.3. The largest absolute Gasteiger partial charge is 0.353 e. The average molecular weight is 250 g/mol. The standard InChI is InChI=1S/C14H22N2S/c1-10(2)9-16-6-4-5-13(16)12-8-15-14(17)7-11(12)3/h7-8,10,13H,4-6,9H2,1-3H3,(H,15,17)/t13-/m0/s1. The Bertz CT molecular complexity index is 436. The summed E-state index contributed by atoms with van der Waals surface area (Å²) < 4.78 is 0.833. The molecule has 3 heteroatoms. The summed E-state index contributed by atoms with van der Waals surface area (Å²) in [5, 5.41) is 0. The van der Waals surface area contributed by atoms with Crippen LogP contribution in [-0.2, 0) is 0 Å². The third-order valence-corrected chi connectivity index (χ3v) is 3.73. The van der Waals surface area contributed by atoms with E-state index in [1.807, 2.05) is 0 Å². The van der Waals surface area contributed by atoms with Crippen LogP contribution in [0, 0.1) is 17.5 Å². The molecule has 2 rings (SSSR count). The van der Waals surface area contributed by atoms with Gasteiger partial charge in [-0.1, -0.05) is 26.1 Å². The predicted molar refractivity (Wildman–Crippen MR) is 74.7 cm³/mol. The lowest BCUT2D eigenvalue weighted by molar-refractivity contribution is 0.228. The van der Waals surface area contributed by atoms with Crippen LogP contribution in [0.5, 0.6) is 0 Å². The van der Waals surface area contributed by atoms with E-state index in [9.17, 15) is 0 Å². The molecule has 17 heavy (non-hydrogen) atoms. The molecule has 0 spiro atoms. The van der Waals surface area contributed by atoms with Gasteiger partial charge in [-0.2, -0.15) is 0 Å². The van der Waals surface area contributed by atoms with Crippen LogP contribution in [0.25, 0.3) is 0 Å². The van der Waals surface area contributed by atoms with Crippen molar-refractivity contribution in [3.05, 3.63) is 28.0 Å². The number of hydrogen-bond acceptors (Lipinski definition) is 2. The van der Waals surface area contributed by atoms with Crippen molar-refractivity contribution in [2.24, 2.45) is 5.92 Å². The Morgan fingerprint density at radius 1 is 1.53 bits per heavy atom. The van der Waals surface area contributed by atoms with Crippen LogP contribution in [-0.4, -0.2) is 23.0 Å². The summed E-state index contributed by atoms with van der Waals surface area (Å²) in [6.07, 6.45) is 4.70. The van der Waals surface area contributed by atoms with Crippen LogP contribution in [0.1, 0.15) is 43.9 Å². The van der Waals surface area contributed by atoms with Crippen LogP contribution < -0.4 is 0 Å². The van der Waals surface area contributed by atoms with Gasteiger partial charge in [0.05, 0.1) is 0 Å². The monoisotopic (exact) mass is 250 g/mol. The zero-order valence-electron chi connectivity index (χ0n) is 11.0. The van der Waals surface area contributed by atoms with Crippen molar-refractivity contribution in [2.75, 3.05) is 13.1 Å². The van der Waals surface area contributed by atoms with Gasteiger partial charge < -0.3 is 4.98 Å². The molecular weight excluding hydrogens is 228 g/mol. The van der Waals surface area contributed by atoms with E-state index in [-0.39, 0.29) is 0 Å². The van der Waals surface area contributed by atoms with E-state index in [0.717, 1.165) is 10.6 Å². The Hall–Kier alpha value is -0.670. The molecule has 1 atom stereocenters. The van der Waals surface area contributed by atoms with E-state index < -0.39 is 0 Å². The van der Waals surface area contributed by atoms with Crippen LogP contribution in [0.3, 0.4) is 0 Å². The molecule has 1 fully saturated rings. The van der Waals surface area contributed by atoms with E-state index in [2.05, 4.69) is 42.9 Å². The number of nitrogens with one attached hydrogen (secondary N) is 1. The molecule has 1 aliphatic rings. The van der Waals surface area contributed by atoms with Gasteiger partial charge >= 0.3 is 0 Å². The number of aryl methyl sites for hydroxylation is 1. The highest BCUT2D eigenvalue weighted by Crippen LogP contribution is 2.33. The predicted octanol–water partition coefficient (Wildman–Crippen LogP) is 3.85. The minimum absolute atomic E-state index is 0.587. The summed E-state index contributed by atoms with van der Waals surface area (Å²) in [5.74, 6) is 0.734. The highest BCUT2D eigenvalue weighted by Gasteiger charge is 2.27. The highest BCUT2D eigenvalue weighted by atomic mass is 32.1. The Labute approximate surface area is 109 Å². The van der Waals surface area contributed by atoms with Gasteiger partial charge in [-0.05, 0) is 49.4 Å². The molecule has 0 unspecified atom stereocenters. The summed E-state index contributed by atoms with van der Waals surface area (Å²) in [5.41, 5.74) is 2.76. The lowest BCUT2D eigenvalue weighted by atomic mass is 10.0. The maximum atomic E-state index is 5.16. The number of hydrogen-bond donors (Lipinski definition) is 1. The molecule has 1 aromatic heterocycles. The molecule has 1 saturated heterocycles. The highest BCUT2D eigenvalue weighted by molar-refractivity contribution is 7.71. The van der Waals surface area contributed by atoms with E-state index in [1.165, 1.54) is 37.1 Å². The molecule has 1 N–H and O–H groups in total. The summed E-state index contributed by atoms with van der Waals surface area (Å²) >= 11 is 5.16. The first-order valence-corrected chi connectivity index (χ1v) is 6.92. The molecule has 0 saturated carbocycles.